The largest absolute Gasteiger partial charge is 0.486 e. The van der Waals surface area contributed by atoms with Crippen molar-refractivity contribution in [1.82, 2.24) is 5.16 Å². The molecule has 5 heteroatoms. The minimum absolute atomic E-state index is 0.238. The Morgan fingerprint density at radius 3 is 2.88 bits per heavy atom. The number of carbonyl (C=O) groups excluding carboxylic acids is 1. The highest BCUT2D eigenvalue weighted by atomic mass is 16.5. The normalized spacial score (nSPS) is 10.2. The quantitative estimate of drug-likeness (QED) is 0.869. The second-order valence-electron chi connectivity index (χ2n) is 3.58. The van der Waals surface area contributed by atoms with Crippen molar-refractivity contribution in [3.05, 3.63) is 47.3 Å². The lowest BCUT2D eigenvalue weighted by Crippen LogP contribution is -2.12. The van der Waals surface area contributed by atoms with E-state index in [2.05, 4.69) is 5.16 Å². The van der Waals surface area contributed by atoms with Crippen molar-refractivity contribution in [3.8, 4) is 5.75 Å². The number of aryl methyl sites for hydroxylation is 1. The van der Waals surface area contributed by atoms with E-state index in [0.29, 0.717) is 22.8 Å². The topological polar surface area (TPSA) is 78.4 Å². The van der Waals surface area contributed by atoms with Crippen molar-refractivity contribution in [2.24, 2.45) is 5.73 Å². The Bertz CT molecular complexity index is 534. The summed E-state index contributed by atoms with van der Waals surface area (Å²) >= 11 is 0. The molecule has 17 heavy (non-hydrogen) atoms. The monoisotopic (exact) mass is 232 g/mol. The van der Waals surface area contributed by atoms with Gasteiger partial charge in [-0.25, -0.2) is 0 Å². The van der Waals surface area contributed by atoms with Gasteiger partial charge in [0.05, 0.1) is 5.56 Å². The molecule has 0 saturated carbocycles. The third-order valence-electron chi connectivity index (χ3n) is 2.20. The number of para-hydroxylation sites is 1. The molecule has 0 aliphatic carbocycles. The van der Waals surface area contributed by atoms with Gasteiger partial charge in [0.25, 0.3) is 5.91 Å². The average molecular weight is 232 g/mol. The fourth-order valence-corrected chi connectivity index (χ4v) is 1.43. The maximum Gasteiger partial charge on any atom is 0.252 e. The molecule has 0 aliphatic rings. The van der Waals surface area contributed by atoms with Gasteiger partial charge in [0.15, 0.2) is 0 Å². The third-order valence-corrected chi connectivity index (χ3v) is 2.20. The number of hydrogen-bond donors (Lipinski definition) is 1. The minimum atomic E-state index is -0.517. The van der Waals surface area contributed by atoms with Crippen molar-refractivity contribution in [1.29, 1.82) is 0 Å². The zero-order valence-corrected chi connectivity index (χ0v) is 9.34. The Kier molecular flexibility index (Phi) is 3.09. The van der Waals surface area contributed by atoms with Crippen LogP contribution in [0.4, 0.5) is 0 Å². The Morgan fingerprint density at radius 2 is 2.24 bits per heavy atom. The lowest BCUT2D eigenvalue weighted by Gasteiger charge is -2.07. The van der Waals surface area contributed by atoms with E-state index >= 15 is 0 Å². The Hall–Kier alpha value is -2.30. The highest BCUT2D eigenvalue weighted by Crippen LogP contribution is 2.18. The number of hydrogen-bond acceptors (Lipinski definition) is 4. The molecular weight excluding hydrogens is 220 g/mol. The van der Waals surface area contributed by atoms with Crippen LogP contribution in [0.1, 0.15) is 21.8 Å². The molecule has 0 radical (unpaired) electrons. The molecule has 1 heterocycles. The number of carbonyl (C=O) groups is 1. The molecule has 0 spiro atoms. The number of amides is 1. The van der Waals surface area contributed by atoms with Gasteiger partial charge in [-0.05, 0) is 19.1 Å². The summed E-state index contributed by atoms with van der Waals surface area (Å²) < 4.78 is 10.4. The number of nitrogens with zero attached hydrogens (tertiary/aromatic N) is 1. The molecule has 2 N–H and O–H groups in total. The second kappa shape index (κ2) is 4.69. The van der Waals surface area contributed by atoms with E-state index in [1.807, 2.05) is 0 Å². The number of benzene rings is 1. The molecule has 0 bridgehead atoms. The molecule has 88 valence electrons. The summed E-state index contributed by atoms with van der Waals surface area (Å²) in [6.45, 7) is 2.04. The van der Waals surface area contributed by atoms with Crippen molar-refractivity contribution >= 4 is 5.91 Å². The number of rotatable bonds is 4. The van der Waals surface area contributed by atoms with Crippen molar-refractivity contribution in [3.63, 3.8) is 0 Å². The van der Waals surface area contributed by atoms with Crippen LogP contribution in [0, 0.1) is 6.92 Å². The first-order chi connectivity index (χ1) is 8.16. The van der Waals surface area contributed by atoms with Crippen LogP contribution in [0.2, 0.25) is 0 Å². The molecule has 0 fully saturated rings. The molecule has 1 aromatic heterocycles. The van der Waals surface area contributed by atoms with Crippen LogP contribution in [0.15, 0.2) is 34.9 Å². The number of primary amides is 1. The first kappa shape index (κ1) is 11.2. The van der Waals surface area contributed by atoms with Gasteiger partial charge in [0.1, 0.15) is 23.8 Å². The lowest BCUT2D eigenvalue weighted by atomic mass is 10.2. The summed E-state index contributed by atoms with van der Waals surface area (Å²) in [6, 6.07) is 8.58. The first-order valence-electron chi connectivity index (χ1n) is 5.10. The fraction of sp³-hybridized carbons (Fsp3) is 0.167. The highest BCUT2D eigenvalue weighted by Gasteiger charge is 2.09. The fourth-order valence-electron chi connectivity index (χ4n) is 1.43. The van der Waals surface area contributed by atoms with Crippen molar-refractivity contribution in [2.45, 2.75) is 13.5 Å². The van der Waals surface area contributed by atoms with Gasteiger partial charge in [-0.1, -0.05) is 17.3 Å². The molecule has 2 rings (SSSR count). The van der Waals surface area contributed by atoms with E-state index < -0.39 is 5.91 Å². The van der Waals surface area contributed by atoms with Crippen LogP contribution >= 0.6 is 0 Å². The second-order valence-corrected chi connectivity index (χ2v) is 3.58. The zero-order valence-electron chi connectivity index (χ0n) is 9.34. The molecule has 5 nitrogen and oxygen atoms in total. The molecule has 1 amide bonds. The smallest absolute Gasteiger partial charge is 0.252 e. The standard InChI is InChI=1S/C12H12N2O3/c1-8-6-9(14-17-8)7-16-11-5-3-2-4-10(11)12(13)15/h2-6H,7H2,1H3,(H2,13,15). The summed E-state index contributed by atoms with van der Waals surface area (Å²) in [5, 5.41) is 3.79. The van der Waals surface area contributed by atoms with E-state index in [1.54, 1.807) is 37.3 Å². The summed E-state index contributed by atoms with van der Waals surface area (Å²) in [4.78, 5) is 11.1. The predicted octanol–water partition coefficient (Wildman–Crippen LogP) is 1.66. The van der Waals surface area contributed by atoms with E-state index in [9.17, 15) is 4.79 Å². The third kappa shape index (κ3) is 2.63. The van der Waals surface area contributed by atoms with Gasteiger partial charge in [-0.3, -0.25) is 4.79 Å². The van der Waals surface area contributed by atoms with Crippen LogP contribution in [0.5, 0.6) is 5.75 Å². The van der Waals surface area contributed by atoms with Crippen LogP contribution in [0.25, 0.3) is 0 Å². The highest BCUT2D eigenvalue weighted by molar-refractivity contribution is 5.95. The SMILES string of the molecule is Cc1cc(COc2ccccc2C(N)=O)no1. The van der Waals surface area contributed by atoms with Crippen molar-refractivity contribution in [2.75, 3.05) is 0 Å². The Balaban J connectivity index is 2.11. The molecule has 0 unspecified atom stereocenters. The maximum atomic E-state index is 11.1. The summed E-state index contributed by atoms with van der Waals surface area (Å²) in [5.41, 5.74) is 6.26. The lowest BCUT2D eigenvalue weighted by molar-refractivity contribution is 0.0996. The molecule has 0 saturated heterocycles. The molecular formula is C12H12N2O3. The van der Waals surface area contributed by atoms with Crippen LogP contribution in [0.3, 0.4) is 0 Å². The van der Waals surface area contributed by atoms with E-state index in [4.69, 9.17) is 15.0 Å². The molecule has 0 atom stereocenters. The maximum absolute atomic E-state index is 11.1. The number of ether oxygens (including phenoxy) is 1. The minimum Gasteiger partial charge on any atom is -0.486 e. The van der Waals surface area contributed by atoms with Gasteiger partial charge in [-0.2, -0.15) is 0 Å². The van der Waals surface area contributed by atoms with Gasteiger partial charge in [0.2, 0.25) is 0 Å². The van der Waals surface area contributed by atoms with E-state index in [0.717, 1.165) is 0 Å². The summed E-state index contributed by atoms with van der Waals surface area (Å²) in [5.74, 6) is 0.643. The van der Waals surface area contributed by atoms with Crippen molar-refractivity contribution < 1.29 is 14.1 Å². The van der Waals surface area contributed by atoms with E-state index in [-0.39, 0.29) is 6.61 Å². The van der Waals surface area contributed by atoms with Gasteiger partial charge in [0, 0.05) is 6.07 Å². The first-order valence-corrected chi connectivity index (χ1v) is 5.10. The Labute approximate surface area is 98.2 Å². The van der Waals surface area contributed by atoms with Gasteiger partial charge < -0.3 is 15.0 Å². The number of aromatic nitrogens is 1. The number of nitrogens with two attached hydrogens (primary N) is 1. The molecule has 0 aliphatic heterocycles. The molecule has 1 aromatic carbocycles. The zero-order chi connectivity index (χ0) is 12.3. The predicted molar refractivity (Wildman–Crippen MR) is 60.5 cm³/mol. The summed E-state index contributed by atoms with van der Waals surface area (Å²) in [6.07, 6.45) is 0. The molecule has 2 aromatic rings. The summed E-state index contributed by atoms with van der Waals surface area (Å²) in [7, 11) is 0. The Morgan fingerprint density at radius 1 is 1.47 bits per heavy atom. The van der Waals surface area contributed by atoms with Crippen LogP contribution in [-0.2, 0) is 6.61 Å². The van der Waals surface area contributed by atoms with Crippen LogP contribution < -0.4 is 10.5 Å². The van der Waals surface area contributed by atoms with E-state index in [1.165, 1.54) is 0 Å². The average Bonchev–Trinajstić information content (AvgIpc) is 2.73. The van der Waals surface area contributed by atoms with Gasteiger partial charge in [-0.15, -0.1) is 0 Å². The van der Waals surface area contributed by atoms with Crippen LogP contribution in [-0.4, -0.2) is 11.1 Å². The van der Waals surface area contributed by atoms with Gasteiger partial charge >= 0.3 is 0 Å².